The van der Waals surface area contributed by atoms with Crippen LogP contribution in [0.1, 0.15) is 34.3 Å². The molecule has 0 aliphatic heterocycles. The summed E-state index contributed by atoms with van der Waals surface area (Å²) in [6.07, 6.45) is 1.25. The number of thiophene rings is 1. The van der Waals surface area contributed by atoms with E-state index >= 15 is 0 Å². The standard InChI is InChI=1S/C14H21N3O3S/c1-4-5-10(13(15)19)17(3)12(18)8-16-14(20)11-7-6-9(2)21-11/h6-7,10H,4-5,8H2,1-3H3,(H2,15,19)(H,16,20). The minimum absolute atomic E-state index is 0.153. The summed E-state index contributed by atoms with van der Waals surface area (Å²) >= 11 is 1.36. The van der Waals surface area contributed by atoms with Crippen LogP contribution in [0.15, 0.2) is 12.1 Å². The molecule has 0 saturated heterocycles. The number of primary amides is 1. The first-order valence-corrected chi connectivity index (χ1v) is 7.58. The Hall–Kier alpha value is -1.89. The number of rotatable bonds is 7. The lowest BCUT2D eigenvalue weighted by Crippen LogP contribution is -2.48. The average Bonchev–Trinajstić information content (AvgIpc) is 2.87. The van der Waals surface area contributed by atoms with Crippen LogP contribution in [0.25, 0.3) is 0 Å². The number of aryl methyl sites for hydroxylation is 1. The maximum atomic E-state index is 12.0. The van der Waals surface area contributed by atoms with Crippen LogP contribution in [0.4, 0.5) is 0 Å². The highest BCUT2D eigenvalue weighted by molar-refractivity contribution is 7.13. The number of nitrogens with zero attached hydrogens (tertiary/aromatic N) is 1. The maximum absolute atomic E-state index is 12.0. The summed E-state index contributed by atoms with van der Waals surface area (Å²) in [5.41, 5.74) is 5.29. The number of amides is 3. The van der Waals surface area contributed by atoms with Crippen LogP contribution in [0, 0.1) is 6.92 Å². The van der Waals surface area contributed by atoms with Crippen LogP contribution in [-0.2, 0) is 9.59 Å². The SMILES string of the molecule is CCCC(C(N)=O)N(C)C(=O)CNC(=O)c1ccc(C)s1. The third-order valence-electron chi connectivity index (χ3n) is 3.12. The van der Waals surface area contributed by atoms with E-state index in [1.807, 2.05) is 19.9 Å². The molecule has 1 unspecified atom stereocenters. The predicted octanol–water partition coefficient (Wildman–Crippen LogP) is 0.899. The van der Waals surface area contributed by atoms with E-state index in [2.05, 4.69) is 5.32 Å². The van der Waals surface area contributed by atoms with Gasteiger partial charge in [0, 0.05) is 11.9 Å². The summed E-state index contributed by atoms with van der Waals surface area (Å²) in [5.74, 6) is -1.16. The van der Waals surface area contributed by atoms with E-state index in [0.717, 1.165) is 11.3 Å². The Morgan fingerprint density at radius 2 is 2.05 bits per heavy atom. The van der Waals surface area contributed by atoms with Crippen molar-refractivity contribution in [3.05, 3.63) is 21.9 Å². The Morgan fingerprint density at radius 1 is 1.38 bits per heavy atom. The zero-order chi connectivity index (χ0) is 16.0. The topological polar surface area (TPSA) is 92.5 Å². The first-order valence-electron chi connectivity index (χ1n) is 6.76. The van der Waals surface area contributed by atoms with Crippen LogP contribution >= 0.6 is 11.3 Å². The van der Waals surface area contributed by atoms with Gasteiger partial charge in [-0.25, -0.2) is 0 Å². The molecule has 1 atom stereocenters. The second-order valence-corrected chi connectivity index (χ2v) is 6.09. The monoisotopic (exact) mass is 311 g/mol. The molecule has 0 aliphatic rings. The van der Waals surface area contributed by atoms with E-state index in [1.165, 1.54) is 23.3 Å². The zero-order valence-electron chi connectivity index (χ0n) is 12.5. The van der Waals surface area contributed by atoms with Crippen molar-refractivity contribution in [3.63, 3.8) is 0 Å². The van der Waals surface area contributed by atoms with E-state index in [-0.39, 0.29) is 18.4 Å². The van der Waals surface area contributed by atoms with Gasteiger partial charge < -0.3 is 16.0 Å². The highest BCUT2D eigenvalue weighted by atomic mass is 32.1. The van der Waals surface area contributed by atoms with Crippen LogP contribution in [0.5, 0.6) is 0 Å². The molecular formula is C14H21N3O3S. The Bertz CT molecular complexity index is 527. The van der Waals surface area contributed by atoms with Crippen molar-refractivity contribution in [3.8, 4) is 0 Å². The Balaban J connectivity index is 2.56. The van der Waals surface area contributed by atoms with E-state index in [4.69, 9.17) is 5.73 Å². The Labute approximate surface area is 128 Å². The fourth-order valence-electron chi connectivity index (χ4n) is 1.90. The first-order chi connectivity index (χ1) is 9.86. The lowest BCUT2D eigenvalue weighted by Gasteiger charge is -2.25. The number of carbonyl (C=O) groups is 3. The summed E-state index contributed by atoms with van der Waals surface area (Å²) in [5, 5.41) is 2.56. The molecule has 1 aromatic rings. The fraction of sp³-hybridized carbons (Fsp3) is 0.500. The molecule has 3 amide bonds. The number of carbonyl (C=O) groups excluding carboxylic acids is 3. The highest BCUT2D eigenvalue weighted by Gasteiger charge is 2.24. The Morgan fingerprint density at radius 3 is 2.52 bits per heavy atom. The maximum Gasteiger partial charge on any atom is 0.261 e. The molecule has 3 N–H and O–H groups in total. The lowest BCUT2D eigenvalue weighted by molar-refractivity contribution is -0.137. The normalized spacial score (nSPS) is 11.8. The Kier molecular flexibility index (Phi) is 6.36. The van der Waals surface area contributed by atoms with Gasteiger partial charge in [-0.05, 0) is 25.5 Å². The van der Waals surface area contributed by atoms with Gasteiger partial charge in [0.05, 0.1) is 11.4 Å². The summed E-state index contributed by atoms with van der Waals surface area (Å²) in [4.78, 5) is 38.1. The minimum atomic E-state index is -0.636. The molecule has 1 heterocycles. The molecule has 1 aromatic heterocycles. The van der Waals surface area contributed by atoms with Crippen molar-refractivity contribution in [2.75, 3.05) is 13.6 Å². The van der Waals surface area contributed by atoms with Crippen molar-refractivity contribution >= 4 is 29.1 Å². The summed E-state index contributed by atoms with van der Waals surface area (Å²) in [7, 11) is 1.52. The van der Waals surface area contributed by atoms with Gasteiger partial charge in [0.1, 0.15) is 6.04 Å². The quantitative estimate of drug-likeness (QED) is 0.783. The van der Waals surface area contributed by atoms with E-state index in [9.17, 15) is 14.4 Å². The van der Waals surface area contributed by atoms with E-state index in [0.29, 0.717) is 11.3 Å². The van der Waals surface area contributed by atoms with Crippen molar-refractivity contribution in [1.82, 2.24) is 10.2 Å². The number of likely N-dealkylation sites (N-methyl/N-ethyl adjacent to an activating group) is 1. The second kappa shape index (κ2) is 7.78. The van der Waals surface area contributed by atoms with Crippen LogP contribution in [0.3, 0.4) is 0 Å². The molecule has 116 valence electrons. The minimum Gasteiger partial charge on any atom is -0.368 e. The number of hydrogen-bond donors (Lipinski definition) is 2. The molecule has 0 aliphatic carbocycles. The fourth-order valence-corrected chi connectivity index (χ4v) is 2.68. The first kappa shape index (κ1) is 17.2. The molecule has 21 heavy (non-hydrogen) atoms. The molecule has 1 rings (SSSR count). The molecule has 0 radical (unpaired) electrons. The molecular weight excluding hydrogens is 290 g/mol. The lowest BCUT2D eigenvalue weighted by atomic mass is 10.1. The van der Waals surface area contributed by atoms with Crippen LogP contribution in [-0.4, -0.2) is 42.3 Å². The predicted molar refractivity (Wildman–Crippen MR) is 82.0 cm³/mol. The molecule has 0 saturated carbocycles. The van der Waals surface area contributed by atoms with Gasteiger partial charge >= 0.3 is 0 Å². The van der Waals surface area contributed by atoms with Crippen molar-refractivity contribution in [2.24, 2.45) is 5.73 Å². The molecule has 0 bridgehead atoms. The van der Waals surface area contributed by atoms with Gasteiger partial charge in [0.25, 0.3) is 5.91 Å². The molecule has 0 aromatic carbocycles. The second-order valence-electron chi connectivity index (χ2n) is 4.80. The highest BCUT2D eigenvalue weighted by Crippen LogP contribution is 2.14. The van der Waals surface area contributed by atoms with E-state index < -0.39 is 11.9 Å². The molecule has 0 fully saturated rings. The zero-order valence-corrected chi connectivity index (χ0v) is 13.3. The smallest absolute Gasteiger partial charge is 0.261 e. The number of nitrogens with two attached hydrogens (primary N) is 1. The van der Waals surface area contributed by atoms with Gasteiger partial charge in [-0.3, -0.25) is 14.4 Å². The third kappa shape index (κ3) is 4.86. The number of hydrogen-bond acceptors (Lipinski definition) is 4. The van der Waals surface area contributed by atoms with Gasteiger partial charge in [0.2, 0.25) is 11.8 Å². The third-order valence-corrected chi connectivity index (χ3v) is 4.12. The van der Waals surface area contributed by atoms with Crippen molar-refractivity contribution < 1.29 is 14.4 Å². The molecule has 0 spiro atoms. The molecule has 7 heteroatoms. The van der Waals surface area contributed by atoms with Crippen molar-refractivity contribution in [2.45, 2.75) is 32.7 Å². The van der Waals surface area contributed by atoms with Gasteiger partial charge in [-0.2, -0.15) is 0 Å². The number of nitrogens with one attached hydrogen (secondary N) is 1. The largest absolute Gasteiger partial charge is 0.368 e. The molecule has 6 nitrogen and oxygen atoms in total. The average molecular weight is 311 g/mol. The van der Waals surface area contributed by atoms with Gasteiger partial charge in [-0.1, -0.05) is 13.3 Å². The van der Waals surface area contributed by atoms with E-state index in [1.54, 1.807) is 6.07 Å². The van der Waals surface area contributed by atoms with Gasteiger partial charge in [0.15, 0.2) is 0 Å². The summed E-state index contributed by atoms with van der Waals surface area (Å²) < 4.78 is 0. The van der Waals surface area contributed by atoms with Crippen LogP contribution in [0.2, 0.25) is 0 Å². The van der Waals surface area contributed by atoms with Crippen molar-refractivity contribution in [1.29, 1.82) is 0 Å². The summed E-state index contributed by atoms with van der Waals surface area (Å²) in [6, 6.07) is 2.92. The van der Waals surface area contributed by atoms with Gasteiger partial charge in [-0.15, -0.1) is 11.3 Å². The summed E-state index contributed by atoms with van der Waals surface area (Å²) in [6.45, 7) is 3.66. The van der Waals surface area contributed by atoms with Crippen LogP contribution < -0.4 is 11.1 Å².